The highest BCUT2D eigenvalue weighted by Gasteiger charge is 2.51. The number of rotatable bonds is 27. The molecule has 0 bridgehead atoms. The number of nitrogens with zero attached hydrogens (tertiary/aromatic N) is 1. The number of cyclic esters (lactones) is 1. The molecule has 10 atom stereocenters. The van der Waals surface area contributed by atoms with Crippen LogP contribution in [0.15, 0.2) is 60.2 Å². The van der Waals surface area contributed by atoms with Crippen molar-refractivity contribution in [2.24, 2.45) is 11.8 Å². The molecule has 0 amide bonds. The number of esters is 2. The third-order valence-corrected chi connectivity index (χ3v) is 30.3. The van der Waals surface area contributed by atoms with Gasteiger partial charge in [-0.3, -0.25) is 19.7 Å². The topological polar surface area (TPSA) is 171 Å². The minimum Gasteiger partial charge on any atom is -0.457 e. The van der Waals surface area contributed by atoms with Crippen molar-refractivity contribution in [3.8, 4) is 5.75 Å². The van der Waals surface area contributed by atoms with Gasteiger partial charge in [-0.05, 0) is 118 Å². The van der Waals surface area contributed by atoms with Crippen molar-refractivity contribution in [2.75, 3.05) is 0 Å². The first kappa shape index (κ1) is 62.8. The van der Waals surface area contributed by atoms with Crippen molar-refractivity contribution >= 4 is 48.7 Å². The van der Waals surface area contributed by atoms with Crippen LogP contribution in [0.1, 0.15) is 143 Å². The van der Waals surface area contributed by atoms with E-state index < -0.39 is 83.4 Å². The van der Waals surface area contributed by atoms with Gasteiger partial charge in [-0.15, -0.1) is 0 Å². The molecule has 0 N–H and O–H groups in total. The summed E-state index contributed by atoms with van der Waals surface area (Å²) < 4.78 is 51.8. The van der Waals surface area contributed by atoms with Crippen molar-refractivity contribution in [3.05, 3.63) is 70.3 Å². The van der Waals surface area contributed by atoms with Crippen LogP contribution in [0.2, 0.25) is 54.4 Å². The summed E-state index contributed by atoms with van der Waals surface area (Å²) in [6, 6.07) is 13.9. The standard InChI is InChI=1S/C55H93NO13Si3/c1-17-47(68-71(21-5,22-6)23-7)42(13)52-48(63-52)39-54(15,69-72(24-8,25-9)26-10)36-27-28-40(11)51-41(12)29-34-49(64-53(59)62-45-32-30-44(31-33-45)56(60)61)55(16,66-43(14)57)37-35-46(38-50(58)65-51)67-70(18-2,19-3)20-4/h27-34,36,41-42,46-49,51-52H,17-26,35,37-39H2,1-16H3/b34-29-,36-27+,40-28+/t41-,42+,46+,47-,48+,49-,51+,52-,54-,55+/m0/s1. The van der Waals surface area contributed by atoms with Crippen molar-refractivity contribution < 1.29 is 56.3 Å². The van der Waals surface area contributed by atoms with Gasteiger partial charge in [-0.25, -0.2) is 4.79 Å². The Morgan fingerprint density at radius 2 is 1.46 bits per heavy atom. The van der Waals surface area contributed by atoms with Gasteiger partial charge in [0.1, 0.15) is 17.5 Å². The number of hydrogen-bond donors (Lipinski definition) is 0. The van der Waals surface area contributed by atoms with Crippen LogP contribution in [0.3, 0.4) is 0 Å². The third-order valence-electron chi connectivity index (χ3n) is 16.2. The first-order valence-corrected chi connectivity index (χ1v) is 34.8. The molecular formula is C55H93NO13Si3. The van der Waals surface area contributed by atoms with E-state index in [4.69, 9.17) is 37.0 Å². The monoisotopic (exact) mass is 1060 g/mol. The molecule has 0 saturated carbocycles. The van der Waals surface area contributed by atoms with Crippen molar-refractivity contribution in [3.63, 3.8) is 0 Å². The lowest BCUT2D eigenvalue weighted by Crippen LogP contribution is -2.47. The van der Waals surface area contributed by atoms with Crippen LogP contribution in [0.5, 0.6) is 5.75 Å². The Kier molecular flexibility index (Phi) is 24.8. The number of allylic oxidation sites excluding steroid dienone is 2. The second-order valence-electron chi connectivity index (χ2n) is 20.9. The zero-order valence-corrected chi connectivity index (χ0v) is 50.0. The van der Waals surface area contributed by atoms with Gasteiger partial charge in [0, 0.05) is 43.4 Å². The van der Waals surface area contributed by atoms with Crippen LogP contribution in [-0.4, -0.2) is 95.8 Å². The second kappa shape index (κ2) is 28.4. The van der Waals surface area contributed by atoms with Gasteiger partial charge in [0.2, 0.25) is 0 Å². The van der Waals surface area contributed by atoms with Crippen LogP contribution >= 0.6 is 0 Å². The summed E-state index contributed by atoms with van der Waals surface area (Å²) in [6.07, 6.45) is 8.36. The molecule has 0 radical (unpaired) electrons. The van der Waals surface area contributed by atoms with Crippen molar-refractivity contribution in [1.82, 2.24) is 0 Å². The maximum atomic E-state index is 14.2. The molecule has 408 valence electrons. The largest absolute Gasteiger partial charge is 0.514 e. The zero-order chi connectivity index (χ0) is 54.1. The fourth-order valence-electron chi connectivity index (χ4n) is 10.6. The lowest BCUT2D eigenvalue weighted by Gasteiger charge is -2.39. The highest BCUT2D eigenvalue weighted by atomic mass is 28.4. The van der Waals surface area contributed by atoms with Gasteiger partial charge in [-0.2, -0.15) is 0 Å². The molecule has 0 spiro atoms. The highest BCUT2D eigenvalue weighted by molar-refractivity contribution is 6.74. The molecule has 0 aromatic heterocycles. The summed E-state index contributed by atoms with van der Waals surface area (Å²) in [5, 5.41) is 11.3. The van der Waals surface area contributed by atoms with Gasteiger partial charge in [-0.1, -0.05) is 107 Å². The van der Waals surface area contributed by atoms with Gasteiger partial charge in [0.25, 0.3) is 5.69 Å². The number of nitro benzene ring substituents is 1. The quantitative estimate of drug-likeness (QED) is 0.00939. The number of epoxide rings is 1. The molecule has 72 heavy (non-hydrogen) atoms. The Morgan fingerprint density at radius 1 is 0.889 bits per heavy atom. The fourth-order valence-corrected chi connectivity index (χ4v) is 19.6. The van der Waals surface area contributed by atoms with Crippen LogP contribution in [0.4, 0.5) is 10.5 Å². The maximum Gasteiger partial charge on any atom is 0.514 e. The minimum absolute atomic E-state index is 0.0253. The molecule has 14 nitrogen and oxygen atoms in total. The van der Waals surface area contributed by atoms with E-state index in [0.717, 1.165) is 66.4 Å². The Labute approximate surface area is 436 Å². The van der Waals surface area contributed by atoms with Crippen LogP contribution in [0.25, 0.3) is 0 Å². The molecule has 1 saturated heterocycles. The van der Waals surface area contributed by atoms with Gasteiger partial charge < -0.3 is 37.0 Å². The molecule has 1 fully saturated rings. The average molecular weight is 1060 g/mol. The number of nitro groups is 1. The number of carbonyl (C=O) groups excluding carboxylic acids is 3. The van der Waals surface area contributed by atoms with Crippen molar-refractivity contribution in [1.29, 1.82) is 0 Å². The Hall–Kier alpha value is -3.46. The first-order valence-electron chi connectivity index (χ1n) is 27.2. The van der Waals surface area contributed by atoms with E-state index in [1.165, 1.54) is 31.2 Å². The molecule has 2 aliphatic rings. The van der Waals surface area contributed by atoms with Crippen LogP contribution in [-0.2, 0) is 41.8 Å². The number of hydrogen-bond acceptors (Lipinski definition) is 13. The fraction of sp³-hybridized carbons (Fsp3) is 0.727. The average Bonchev–Trinajstić information content (AvgIpc) is 4.12. The molecule has 0 aliphatic carbocycles. The predicted octanol–water partition coefficient (Wildman–Crippen LogP) is 14.4. The molecule has 2 heterocycles. The highest BCUT2D eigenvalue weighted by Crippen LogP contribution is 2.43. The second-order valence-corrected chi connectivity index (χ2v) is 35.0. The van der Waals surface area contributed by atoms with Gasteiger partial charge in [0.15, 0.2) is 31.1 Å². The number of carbonyl (C=O) groups is 3. The summed E-state index contributed by atoms with van der Waals surface area (Å²) in [6.45, 7) is 33.4. The van der Waals surface area contributed by atoms with Crippen LogP contribution < -0.4 is 4.74 Å². The summed E-state index contributed by atoms with van der Waals surface area (Å²) in [7, 11) is -6.21. The number of benzene rings is 1. The molecule has 2 aliphatic heterocycles. The van der Waals surface area contributed by atoms with E-state index in [-0.39, 0.29) is 48.5 Å². The third kappa shape index (κ3) is 17.6. The van der Waals surface area contributed by atoms with Crippen LogP contribution in [0, 0.1) is 22.0 Å². The molecule has 0 unspecified atom stereocenters. The first-order chi connectivity index (χ1) is 34.0. The lowest BCUT2D eigenvalue weighted by atomic mass is 9.88. The summed E-state index contributed by atoms with van der Waals surface area (Å²) >= 11 is 0. The predicted molar refractivity (Wildman–Crippen MR) is 293 cm³/mol. The number of ether oxygens (including phenoxy) is 5. The molecule has 1 aromatic carbocycles. The summed E-state index contributed by atoms with van der Waals surface area (Å²) in [4.78, 5) is 51.3. The molecule has 17 heteroatoms. The Bertz CT molecular complexity index is 1960. The smallest absolute Gasteiger partial charge is 0.457 e. The van der Waals surface area contributed by atoms with E-state index in [9.17, 15) is 24.5 Å². The normalized spacial score (nSPS) is 25.8. The summed E-state index contributed by atoms with van der Waals surface area (Å²) in [5.41, 5.74) is -1.44. The van der Waals surface area contributed by atoms with E-state index in [1.54, 1.807) is 19.1 Å². The Balaban J connectivity index is 2.09. The van der Waals surface area contributed by atoms with E-state index in [0.29, 0.717) is 12.8 Å². The SMILES string of the molecule is CC[C@H](O[Si](CC)(CC)CC)[C@@H](C)[C@@H]1O[C@@H]1C[C@](C)(/C=C/C=C(\C)[C@H]1OC(=O)C[C@H](O[Si](CC)(CC)CC)CC[C@@](C)(OC(C)=O)[C@@H](OC(=O)Oc2ccc([N+](=O)[O-])cc2)/C=C\[C@@H]1C)O[Si](CC)(CC)CC. The van der Waals surface area contributed by atoms with E-state index >= 15 is 0 Å². The van der Waals surface area contributed by atoms with Gasteiger partial charge in [0.05, 0.1) is 35.3 Å². The van der Waals surface area contributed by atoms with Gasteiger partial charge >= 0.3 is 18.1 Å². The number of non-ortho nitro benzene ring substituents is 1. The molecule has 1 aromatic rings. The molecule has 3 rings (SSSR count). The van der Waals surface area contributed by atoms with E-state index in [1.807, 2.05) is 26.0 Å². The lowest BCUT2D eigenvalue weighted by molar-refractivity contribution is -0.384. The van der Waals surface area contributed by atoms with Crippen molar-refractivity contribution in [2.45, 2.75) is 245 Å². The summed E-state index contributed by atoms with van der Waals surface area (Å²) in [5.74, 6) is -1.17. The maximum absolute atomic E-state index is 14.2. The van der Waals surface area contributed by atoms with E-state index in [2.05, 4.69) is 89.2 Å². The molecular weight excluding hydrogens is 967 g/mol. The Morgan fingerprint density at radius 3 is 1.97 bits per heavy atom. The zero-order valence-electron chi connectivity index (χ0n) is 47.0. The minimum atomic E-state index is -2.28.